The van der Waals surface area contributed by atoms with Gasteiger partial charge in [-0.05, 0) is 37.3 Å². The van der Waals surface area contributed by atoms with Gasteiger partial charge in [0.15, 0.2) is 0 Å². The molecule has 0 aliphatic heterocycles. The number of carboxylic acids is 1. The number of aryl methyl sites for hydroxylation is 1. The van der Waals surface area contributed by atoms with Crippen LogP contribution in [-0.2, 0) is 0 Å². The third-order valence-corrected chi connectivity index (χ3v) is 4.35. The van der Waals surface area contributed by atoms with E-state index >= 15 is 0 Å². The lowest BCUT2D eigenvalue weighted by molar-refractivity contribution is 0.0690. The molecule has 4 rings (SSSR count). The molecule has 134 valence electrons. The second-order valence-electron chi connectivity index (χ2n) is 6.14. The Hall–Kier alpha value is -3.80. The number of aromatic carboxylic acids is 1. The van der Waals surface area contributed by atoms with Crippen LogP contribution in [0.15, 0.2) is 65.5 Å². The van der Waals surface area contributed by atoms with Crippen molar-refractivity contribution in [2.24, 2.45) is 0 Å². The van der Waals surface area contributed by atoms with Crippen LogP contribution in [0, 0.1) is 6.92 Å². The van der Waals surface area contributed by atoms with Gasteiger partial charge in [-0.3, -0.25) is 4.79 Å². The summed E-state index contributed by atoms with van der Waals surface area (Å²) in [4.78, 5) is 29.3. The summed E-state index contributed by atoms with van der Waals surface area (Å²) in [6.45, 7) is 1.78. The first-order chi connectivity index (χ1) is 13.0. The van der Waals surface area contributed by atoms with Crippen molar-refractivity contribution in [3.8, 4) is 22.8 Å². The largest absolute Gasteiger partial charge is 0.477 e. The number of fused-ring (bicyclic) bond motifs is 1. The number of nitrogens with one attached hydrogen (secondary N) is 2. The van der Waals surface area contributed by atoms with E-state index in [-0.39, 0.29) is 5.69 Å². The zero-order valence-electron chi connectivity index (χ0n) is 14.4. The maximum atomic E-state index is 12.4. The summed E-state index contributed by atoms with van der Waals surface area (Å²) in [5.74, 6) is 0.0956. The van der Waals surface area contributed by atoms with Gasteiger partial charge in [0.1, 0.15) is 17.2 Å². The molecule has 0 radical (unpaired) electrons. The summed E-state index contributed by atoms with van der Waals surface area (Å²) in [6, 6.07) is 18.2. The highest BCUT2D eigenvalue weighted by molar-refractivity contribution is 6.01. The van der Waals surface area contributed by atoms with E-state index in [0.717, 1.165) is 5.56 Å². The van der Waals surface area contributed by atoms with Crippen LogP contribution in [0.3, 0.4) is 0 Å². The molecule has 0 aliphatic rings. The van der Waals surface area contributed by atoms with E-state index in [1.807, 2.05) is 54.6 Å². The first kappa shape index (κ1) is 16.7. The number of rotatable bonds is 4. The van der Waals surface area contributed by atoms with E-state index < -0.39 is 11.5 Å². The van der Waals surface area contributed by atoms with Crippen molar-refractivity contribution in [1.29, 1.82) is 0 Å². The summed E-state index contributed by atoms with van der Waals surface area (Å²) >= 11 is 0. The minimum absolute atomic E-state index is 0.158. The van der Waals surface area contributed by atoms with Crippen LogP contribution in [-0.4, -0.2) is 21.0 Å². The molecule has 0 fully saturated rings. The Kier molecular flexibility index (Phi) is 4.01. The number of hydrogen-bond donors (Lipinski definition) is 3. The quantitative estimate of drug-likeness (QED) is 0.505. The molecule has 0 saturated heterocycles. The normalized spacial score (nSPS) is 10.9. The van der Waals surface area contributed by atoms with Gasteiger partial charge in [0.05, 0.1) is 11.1 Å². The van der Waals surface area contributed by atoms with Crippen molar-refractivity contribution in [3.63, 3.8) is 0 Å². The third kappa shape index (κ3) is 2.97. The molecule has 0 atom stereocenters. The van der Waals surface area contributed by atoms with Gasteiger partial charge < -0.3 is 19.8 Å². The molecule has 0 amide bonds. The van der Waals surface area contributed by atoms with Crippen LogP contribution in [0.5, 0.6) is 11.5 Å². The number of carbonyl (C=O) groups is 1. The number of H-pyrrole nitrogens is 2. The first-order valence-electron chi connectivity index (χ1n) is 8.36. The van der Waals surface area contributed by atoms with E-state index in [4.69, 9.17) is 4.74 Å². The Morgan fingerprint density at radius 1 is 1.00 bits per heavy atom. The highest BCUT2D eigenvalue weighted by Gasteiger charge is 2.18. The Bertz CT molecular complexity index is 1210. The van der Waals surface area contributed by atoms with Crippen molar-refractivity contribution < 1.29 is 14.6 Å². The molecule has 3 N–H and O–H groups in total. The van der Waals surface area contributed by atoms with Crippen LogP contribution >= 0.6 is 0 Å². The molecule has 0 unspecified atom stereocenters. The lowest BCUT2D eigenvalue weighted by Gasteiger charge is -2.11. The average molecular weight is 360 g/mol. The van der Waals surface area contributed by atoms with Crippen molar-refractivity contribution in [1.82, 2.24) is 9.97 Å². The minimum Gasteiger partial charge on any atom is -0.477 e. The molecule has 6 heteroatoms. The summed E-state index contributed by atoms with van der Waals surface area (Å²) < 4.78 is 6.01. The third-order valence-electron chi connectivity index (χ3n) is 4.35. The molecular formula is C21H16N2O4. The Balaban J connectivity index is 1.93. The SMILES string of the molecule is Cc1[nH]c(-c2ccccc2Oc2ccccc2)c2cc(C(=O)O)[nH]c(=O)c12. The van der Waals surface area contributed by atoms with Crippen molar-refractivity contribution in [2.75, 3.05) is 0 Å². The van der Waals surface area contributed by atoms with Crippen LogP contribution in [0.2, 0.25) is 0 Å². The Morgan fingerprint density at radius 2 is 1.70 bits per heavy atom. The number of carboxylic acid groups (broad SMARTS) is 1. The number of hydrogen-bond acceptors (Lipinski definition) is 3. The van der Waals surface area contributed by atoms with Gasteiger partial charge in [-0.1, -0.05) is 30.3 Å². The summed E-state index contributed by atoms with van der Waals surface area (Å²) in [5, 5.41) is 10.3. The second kappa shape index (κ2) is 6.49. The Labute approximate surface area is 154 Å². The fourth-order valence-electron chi connectivity index (χ4n) is 3.15. The van der Waals surface area contributed by atoms with Crippen molar-refractivity contribution >= 4 is 16.7 Å². The molecule has 2 aromatic carbocycles. The summed E-state index contributed by atoms with van der Waals surface area (Å²) in [5.41, 5.74) is 1.44. The monoisotopic (exact) mass is 360 g/mol. The number of benzene rings is 2. The van der Waals surface area contributed by atoms with Crippen molar-refractivity contribution in [2.45, 2.75) is 6.92 Å². The maximum absolute atomic E-state index is 12.4. The number of aromatic nitrogens is 2. The van der Waals surface area contributed by atoms with Crippen LogP contribution < -0.4 is 10.3 Å². The van der Waals surface area contributed by atoms with Gasteiger partial charge in [-0.2, -0.15) is 0 Å². The van der Waals surface area contributed by atoms with E-state index in [9.17, 15) is 14.7 Å². The van der Waals surface area contributed by atoms with E-state index in [2.05, 4.69) is 9.97 Å². The standard InChI is InChI=1S/C21H16N2O4/c1-12-18-15(11-16(21(25)26)23-20(18)24)19(22-12)14-9-5-6-10-17(14)27-13-7-3-2-4-8-13/h2-11,22H,1H3,(H,23,24)(H,25,26). The number of ether oxygens (including phenoxy) is 1. The predicted octanol–water partition coefficient (Wildman–Crippen LogP) is 4.32. The van der Waals surface area contributed by atoms with Crippen LogP contribution in [0.25, 0.3) is 22.0 Å². The van der Waals surface area contributed by atoms with Gasteiger partial charge >= 0.3 is 5.97 Å². The summed E-state index contributed by atoms with van der Waals surface area (Å²) in [7, 11) is 0. The van der Waals surface area contributed by atoms with Crippen LogP contribution in [0.1, 0.15) is 16.2 Å². The second-order valence-corrected chi connectivity index (χ2v) is 6.14. The molecule has 6 nitrogen and oxygen atoms in total. The highest BCUT2D eigenvalue weighted by Crippen LogP contribution is 2.37. The van der Waals surface area contributed by atoms with Gasteiger partial charge in [-0.15, -0.1) is 0 Å². The van der Waals surface area contributed by atoms with E-state index in [0.29, 0.717) is 33.7 Å². The fourth-order valence-corrected chi connectivity index (χ4v) is 3.15. The number of pyridine rings is 1. The topological polar surface area (TPSA) is 95.2 Å². The van der Waals surface area contributed by atoms with Gasteiger partial charge in [0, 0.05) is 16.6 Å². The molecule has 2 aromatic heterocycles. The number of para-hydroxylation sites is 2. The molecule has 0 saturated carbocycles. The van der Waals surface area contributed by atoms with Crippen LogP contribution in [0.4, 0.5) is 0 Å². The fraction of sp³-hybridized carbons (Fsp3) is 0.0476. The molecule has 27 heavy (non-hydrogen) atoms. The molecule has 0 aliphatic carbocycles. The highest BCUT2D eigenvalue weighted by atomic mass is 16.5. The van der Waals surface area contributed by atoms with Gasteiger partial charge in [0.2, 0.25) is 0 Å². The smallest absolute Gasteiger partial charge is 0.352 e. The molecule has 4 aromatic rings. The first-order valence-corrected chi connectivity index (χ1v) is 8.36. The molecule has 0 spiro atoms. The zero-order valence-corrected chi connectivity index (χ0v) is 14.4. The average Bonchev–Trinajstić information content (AvgIpc) is 3.00. The lowest BCUT2D eigenvalue weighted by atomic mass is 10.1. The minimum atomic E-state index is -1.19. The molecular weight excluding hydrogens is 344 g/mol. The molecule has 2 heterocycles. The van der Waals surface area contributed by atoms with E-state index in [1.165, 1.54) is 6.07 Å². The van der Waals surface area contributed by atoms with E-state index in [1.54, 1.807) is 6.92 Å². The summed E-state index contributed by atoms with van der Waals surface area (Å²) in [6.07, 6.45) is 0. The van der Waals surface area contributed by atoms with Gasteiger partial charge in [0.25, 0.3) is 5.56 Å². The van der Waals surface area contributed by atoms with Crippen molar-refractivity contribution in [3.05, 3.63) is 82.4 Å². The maximum Gasteiger partial charge on any atom is 0.352 e. The molecule has 0 bridgehead atoms. The lowest BCUT2D eigenvalue weighted by Crippen LogP contribution is -2.12. The van der Waals surface area contributed by atoms with Gasteiger partial charge in [-0.25, -0.2) is 4.79 Å². The number of aromatic amines is 2. The Morgan fingerprint density at radius 3 is 2.44 bits per heavy atom. The predicted molar refractivity (Wildman–Crippen MR) is 103 cm³/mol. The zero-order chi connectivity index (χ0) is 19.0.